The molecule has 2 heterocycles. The highest BCUT2D eigenvalue weighted by molar-refractivity contribution is 5.73. The Morgan fingerprint density at radius 1 is 1.19 bits per heavy atom. The third-order valence-electron chi connectivity index (χ3n) is 4.52. The maximum atomic E-state index is 4.24. The Bertz CT molecular complexity index is 631. The summed E-state index contributed by atoms with van der Waals surface area (Å²) in [7, 11) is 1.98. The van der Waals surface area contributed by atoms with Crippen molar-refractivity contribution in [1.82, 2.24) is 19.7 Å². The van der Waals surface area contributed by atoms with Gasteiger partial charge in [0, 0.05) is 43.5 Å². The summed E-state index contributed by atoms with van der Waals surface area (Å²) in [6.07, 6.45) is 5.75. The van der Waals surface area contributed by atoms with Crippen molar-refractivity contribution in [3.05, 3.63) is 30.6 Å². The number of rotatable bonds is 4. The first-order chi connectivity index (χ1) is 10.3. The van der Waals surface area contributed by atoms with Gasteiger partial charge in [-0.25, -0.2) is 0 Å². The Hall–Kier alpha value is -1.88. The molecule has 1 aliphatic carbocycles. The van der Waals surface area contributed by atoms with Crippen LogP contribution in [0.3, 0.4) is 0 Å². The molecule has 0 amide bonds. The standard InChI is InChI=1S/C16H21N5/c1-20-11-17-19-16(20)14-4-2-3-5-15(14)18-12-8-9-21(10-12)13-6-7-13/h2-5,11-13,18H,6-10H2,1H3. The molecular weight excluding hydrogens is 262 g/mol. The van der Waals surface area contributed by atoms with Gasteiger partial charge in [0.1, 0.15) is 6.33 Å². The molecule has 1 saturated carbocycles. The molecule has 110 valence electrons. The van der Waals surface area contributed by atoms with E-state index in [-0.39, 0.29) is 0 Å². The lowest BCUT2D eigenvalue weighted by Crippen LogP contribution is -2.27. The number of aryl methyl sites for hydroxylation is 1. The van der Waals surface area contributed by atoms with Crippen molar-refractivity contribution >= 4 is 5.69 Å². The number of para-hydroxylation sites is 1. The van der Waals surface area contributed by atoms with Crippen LogP contribution in [0.2, 0.25) is 0 Å². The first-order valence-corrected chi connectivity index (χ1v) is 7.75. The van der Waals surface area contributed by atoms with Crippen molar-refractivity contribution in [2.24, 2.45) is 7.05 Å². The van der Waals surface area contributed by atoms with Gasteiger partial charge in [0.25, 0.3) is 0 Å². The SMILES string of the molecule is Cn1cnnc1-c1ccccc1NC1CCN(C2CC2)C1. The minimum absolute atomic E-state index is 0.542. The second kappa shape index (κ2) is 5.15. The summed E-state index contributed by atoms with van der Waals surface area (Å²) in [4.78, 5) is 2.63. The van der Waals surface area contributed by atoms with Crippen LogP contribution in [0.25, 0.3) is 11.4 Å². The van der Waals surface area contributed by atoms with E-state index in [1.165, 1.54) is 25.8 Å². The van der Waals surface area contributed by atoms with Crippen molar-refractivity contribution in [2.75, 3.05) is 18.4 Å². The number of aromatic nitrogens is 3. The summed E-state index contributed by atoms with van der Waals surface area (Å²) < 4.78 is 1.96. The van der Waals surface area contributed by atoms with Crippen LogP contribution in [0.1, 0.15) is 19.3 Å². The molecule has 4 rings (SSSR count). The molecule has 2 fully saturated rings. The van der Waals surface area contributed by atoms with Crippen molar-refractivity contribution in [3.63, 3.8) is 0 Å². The number of nitrogens with one attached hydrogen (secondary N) is 1. The van der Waals surface area contributed by atoms with E-state index in [0.717, 1.165) is 29.7 Å². The lowest BCUT2D eigenvalue weighted by atomic mass is 10.1. The van der Waals surface area contributed by atoms with Crippen molar-refractivity contribution in [1.29, 1.82) is 0 Å². The summed E-state index contributed by atoms with van der Waals surface area (Å²) in [6, 6.07) is 9.80. The molecular formula is C16H21N5. The molecule has 0 radical (unpaired) electrons. The van der Waals surface area contributed by atoms with Crippen molar-refractivity contribution in [2.45, 2.75) is 31.3 Å². The highest BCUT2D eigenvalue weighted by Gasteiger charge is 2.34. The Labute approximate surface area is 125 Å². The molecule has 5 nitrogen and oxygen atoms in total. The predicted octanol–water partition coefficient (Wildman–Crippen LogP) is 2.13. The molecule has 0 bridgehead atoms. The smallest absolute Gasteiger partial charge is 0.165 e. The maximum absolute atomic E-state index is 4.24. The molecule has 1 unspecified atom stereocenters. The molecule has 1 aromatic carbocycles. The second-order valence-corrected chi connectivity index (χ2v) is 6.17. The van der Waals surface area contributed by atoms with Crippen molar-refractivity contribution in [3.8, 4) is 11.4 Å². The number of likely N-dealkylation sites (tertiary alicyclic amines) is 1. The summed E-state index contributed by atoms with van der Waals surface area (Å²) in [5.74, 6) is 0.912. The quantitative estimate of drug-likeness (QED) is 0.933. The normalized spacial score (nSPS) is 22.6. The lowest BCUT2D eigenvalue weighted by Gasteiger charge is -2.18. The molecule has 2 aromatic rings. The molecule has 1 aromatic heterocycles. The fourth-order valence-corrected chi connectivity index (χ4v) is 3.23. The van der Waals surface area contributed by atoms with Crippen LogP contribution < -0.4 is 5.32 Å². The molecule has 5 heteroatoms. The van der Waals surface area contributed by atoms with E-state index in [2.05, 4.69) is 44.7 Å². The zero-order chi connectivity index (χ0) is 14.2. The Kier molecular flexibility index (Phi) is 3.15. The third kappa shape index (κ3) is 2.53. The number of benzene rings is 1. The fraction of sp³-hybridized carbons (Fsp3) is 0.500. The van der Waals surface area contributed by atoms with Gasteiger partial charge in [0.05, 0.1) is 0 Å². The van der Waals surface area contributed by atoms with Gasteiger partial charge in [0.2, 0.25) is 0 Å². The highest BCUT2D eigenvalue weighted by atomic mass is 15.3. The van der Waals surface area contributed by atoms with Crippen LogP contribution in [0.4, 0.5) is 5.69 Å². The van der Waals surface area contributed by atoms with E-state index in [0.29, 0.717) is 6.04 Å². The minimum atomic E-state index is 0.542. The minimum Gasteiger partial charge on any atom is -0.380 e. The summed E-state index contributed by atoms with van der Waals surface area (Å²) in [5, 5.41) is 11.9. The first-order valence-electron chi connectivity index (χ1n) is 7.75. The van der Waals surface area contributed by atoms with Gasteiger partial charge < -0.3 is 9.88 Å². The van der Waals surface area contributed by atoms with E-state index < -0.39 is 0 Å². The molecule has 2 aliphatic rings. The number of hydrogen-bond acceptors (Lipinski definition) is 4. The molecule has 1 aliphatic heterocycles. The average Bonchev–Trinajstić information content (AvgIpc) is 3.10. The highest BCUT2D eigenvalue weighted by Crippen LogP contribution is 2.32. The molecule has 21 heavy (non-hydrogen) atoms. The van der Waals surface area contributed by atoms with Crippen LogP contribution in [0.15, 0.2) is 30.6 Å². The molecule has 0 spiro atoms. The topological polar surface area (TPSA) is 46.0 Å². The summed E-state index contributed by atoms with van der Waals surface area (Å²) in [5.41, 5.74) is 2.29. The van der Waals surface area contributed by atoms with E-state index in [9.17, 15) is 0 Å². The molecule has 1 N–H and O–H groups in total. The number of anilines is 1. The van der Waals surface area contributed by atoms with Crippen LogP contribution in [0, 0.1) is 0 Å². The number of nitrogens with zero attached hydrogens (tertiary/aromatic N) is 4. The van der Waals surface area contributed by atoms with Gasteiger partial charge >= 0.3 is 0 Å². The summed E-state index contributed by atoms with van der Waals surface area (Å²) in [6.45, 7) is 2.40. The van der Waals surface area contributed by atoms with E-state index >= 15 is 0 Å². The zero-order valence-electron chi connectivity index (χ0n) is 12.4. The monoisotopic (exact) mass is 283 g/mol. The van der Waals surface area contributed by atoms with E-state index in [1.54, 1.807) is 6.33 Å². The van der Waals surface area contributed by atoms with Gasteiger partial charge in [-0.2, -0.15) is 0 Å². The van der Waals surface area contributed by atoms with Crippen LogP contribution in [-0.4, -0.2) is 44.8 Å². The molecule has 1 atom stereocenters. The van der Waals surface area contributed by atoms with Gasteiger partial charge in [-0.05, 0) is 31.4 Å². The van der Waals surface area contributed by atoms with Gasteiger partial charge in [0.15, 0.2) is 5.82 Å². The number of hydrogen-bond donors (Lipinski definition) is 1. The van der Waals surface area contributed by atoms with Crippen LogP contribution >= 0.6 is 0 Å². The van der Waals surface area contributed by atoms with Crippen LogP contribution in [0.5, 0.6) is 0 Å². The average molecular weight is 283 g/mol. The predicted molar refractivity (Wildman–Crippen MR) is 83.1 cm³/mol. The van der Waals surface area contributed by atoms with E-state index in [1.807, 2.05) is 11.6 Å². The van der Waals surface area contributed by atoms with Gasteiger partial charge in [-0.15, -0.1) is 10.2 Å². The second-order valence-electron chi connectivity index (χ2n) is 6.17. The Morgan fingerprint density at radius 2 is 2.05 bits per heavy atom. The summed E-state index contributed by atoms with van der Waals surface area (Å²) >= 11 is 0. The molecule has 1 saturated heterocycles. The first kappa shape index (κ1) is 12.8. The largest absolute Gasteiger partial charge is 0.380 e. The van der Waals surface area contributed by atoms with Crippen LogP contribution in [-0.2, 0) is 7.05 Å². The van der Waals surface area contributed by atoms with Gasteiger partial charge in [-0.3, -0.25) is 4.90 Å². The zero-order valence-corrected chi connectivity index (χ0v) is 12.4. The Morgan fingerprint density at radius 3 is 2.81 bits per heavy atom. The maximum Gasteiger partial charge on any atom is 0.165 e. The van der Waals surface area contributed by atoms with E-state index in [4.69, 9.17) is 0 Å². The Balaban J connectivity index is 1.54. The fourth-order valence-electron chi connectivity index (χ4n) is 3.23. The third-order valence-corrected chi connectivity index (χ3v) is 4.52. The lowest BCUT2D eigenvalue weighted by molar-refractivity contribution is 0.326. The van der Waals surface area contributed by atoms with Crippen molar-refractivity contribution < 1.29 is 0 Å². The van der Waals surface area contributed by atoms with Gasteiger partial charge in [-0.1, -0.05) is 12.1 Å².